The van der Waals surface area contributed by atoms with Gasteiger partial charge in [-0.25, -0.2) is 0 Å². The highest BCUT2D eigenvalue weighted by Crippen LogP contribution is 2.53. The molecule has 4 nitrogen and oxygen atoms in total. The lowest BCUT2D eigenvalue weighted by molar-refractivity contribution is 0.394. The van der Waals surface area contributed by atoms with Crippen LogP contribution in [0.5, 0.6) is 11.5 Å². The van der Waals surface area contributed by atoms with Gasteiger partial charge in [-0.2, -0.15) is 10.5 Å². The Morgan fingerprint density at radius 1 is 1.03 bits per heavy atom. The minimum absolute atomic E-state index is 0.0241. The quantitative estimate of drug-likeness (QED) is 0.181. The fourth-order valence-electron chi connectivity index (χ4n) is 4.56. The van der Waals surface area contributed by atoms with Crippen molar-refractivity contribution in [1.29, 1.82) is 10.5 Å². The number of nitrogens with zero attached hydrogens (tertiary/aromatic N) is 2. The molecule has 0 spiro atoms. The standard InChI is InChI=1S/C29H29IN2O2/c1-4-18-28(20-31,21-32)26-7-5-6-8-27(26)29(30,23-11-15-25(34-3)16-12-23)19-17-22-9-13-24(33-2)14-10-22/h4,7,9-17,19,27H,1,5-6,8,18H2,2-3H3/b19-17+/t27?,29-/m1/s1. The highest BCUT2D eigenvalue weighted by molar-refractivity contribution is 14.1. The Balaban J connectivity index is 2.14. The number of hydrogen-bond donors (Lipinski definition) is 0. The largest absolute Gasteiger partial charge is 0.497 e. The molecule has 2 aromatic rings. The first-order chi connectivity index (χ1) is 16.5. The molecule has 174 valence electrons. The van der Waals surface area contributed by atoms with Gasteiger partial charge in [-0.15, -0.1) is 6.58 Å². The van der Waals surface area contributed by atoms with Crippen molar-refractivity contribution in [2.24, 2.45) is 11.3 Å². The molecule has 0 amide bonds. The second-order valence-electron chi connectivity index (χ2n) is 8.37. The molecule has 0 bridgehead atoms. The molecule has 0 heterocycles. The Hall–Kier alpha value is -3.03. The number of methoxy groups -OCH3 is 2. The van der Waals surface area contributed by atoms with E-state index in [2.05, 4.69) is 71.7 Å². The van der Waals surface area contributed by atoms with Gasteiger partial charge in [0.2, 0.25) is 0 Å². The third-order valence-electron chi connectivity index (χ3n) is 6.44. The van der Waals surface area contributed by atoms with Crippen LogP contribution >= 0.6 is 22.6 Å². The second kappa shape index (κ2) is 11.4. The minimum atomic E-state index is -1.22. The predicted octanol–water partition coefficient (Wildman–Crippen LogP) is 7.38. The summed E-state index contributed by atoms with van der Waals surface area (Å²) in [6.45, 7) is 3.82. The van der Waals surface area contributed by atoms with Gasteiger partial charge in [-0.1, -0.05) is 71.2 Å². The maximum atomic E-state index is 10.1. The molecular formula is C29H29IN2O2. The zero-order chi connectivity index (χ0) is 24.6. The Labute approximate surface area is 216 Å². The highest BCUT2D eigenvalue weighted by atomic mass is 127. The molecule has 1 aliphatic rings. The van der Waals surface area contributed by atoms with E-state index in [9.17, 15) is 10.5 Å². The number of rotatable bonds is 9. The van der Waals surface area contributed by atoms with Crippen molar-refractivity contribution in [2.45, 2.75) is 29.1 Å². The van der Waals surface area contributed by atoms with Crippen LogP contribution in [0.25, 0.3) is 6.08 Å². The van der Waals surface area contributed by atoms with Gasteiger partial charge in [0.1, 0.15) is 11.5 Å². The highest BCUT2D eigenvalue weighted by Gasteiger charge is 2.46. The fraction of sp³-hybridized carbons (Fsp3) is 0.310. The molecule has 0 saturated carbocycles. The van der Waals surface area contributed by atoms with Crippen LogP contribution in [-0.2, 0) is 3.42 Å². The van der Waals surface area contributed by atoms with E-state index in [1.807, 2.05) is 36.4 Å². The molecule has 3 rings (SSSR count). The van der Waals surface area contributed by atoms with E-state index in [1.54, 1.807) is 20.3 Å². The van der Waals surface area contributed by atoms with Gasteiger partial charge in [0, 0.05) is 12.3 Å². The summed E-state index contributed by atoms with van der Waals surface area (Å²) >= 11 is 2.50. The van der Waals surface area contributed by atoms with Gasteiger partial charge in [0.05, 0.1) is 29.8 Å². The van der Waals surface area contributed by atoms with Crippen LogP contribution in [0.3, 0.4) is 0 Å². The van der Waals surface area contributed by atoms with E-state index < -0.39 is 8.84 Å². The van der Waals surface area contributed by atoms with Crippen LogP contribution in [0.15, 0.2) is 78.9 Å². The van der Waals surface area contributed by atoms with Crippen molar-refractivity contribution in [2.75, 3.05) is 14.2 Å². The third-order valence-corrected chi connectivity index (χ3v) is 8.17. The van der Waals surface area contributed by atoms with Gasteiger partial charge in [-0.05, 0) is 60.2 Å². The minimum Gasteiger partial charge on any atom is -0.497 e. The van der Waals surface area contributed by atoms with Crippen LogP contribution in [0.2, 0.25) is 0 Å². The molecule has 5 heteroatoms. The molecular weight excluding hydrogens is 535 g/mol. The molecule has 2 atom stereocenters. The predicted molar refractivity (Wildman–Crippen MR) is 145 cm³/mol. The SMILES string of the molecule is C=CCC(C#N)(C#N)C1=CCCCC1[C@@](I)(/C=C/c1ccc(OC)cc1)c1ccc(OC)cc1. The maximum absolute atomic E-state index is 10.1. The Bertz CT molecular complexity index is 1120. The van der Waals surface area contributed by atoms with E-state index in [0.717, 1.165) is 47.5 Å². The van der Waals surface area contributed by atoms with Crippen molar-refractivity contribution in [3.63, 3.8) is 0 Å². The van der Waals surface area contributed by atoms with Gasteiger partial charge < -0.3 is 9.47 Å². The molecule has 0 aliphatic heterocycles. The molecule has 0 N–H and O–H groups in total. The average Bonchev–Trinajstić information content (AvgIpc) is 2.91. The van der Waals surface area contributed by atoms with E-state index >= 15 is 0 Å². The summed E-state index contributed by atoms with van der Waals surface area (Å²) in [6.07, 6.45) is 11.2. The number of nitriles is 2. The summed E-state index contributed by atoms with van der Waals surface area (Å²) < 4.78 is 10.2. The van der Waals surface area contributed by atoms with Crippen LogP contribution < -0.4 is 9.47 Å². The lowest BCUT2D eigenvalue weighted by Gasteiger charge is -2.41. The monoisotopic (exact) mass is 564 g/mol. The smallest absolute Gasteiger partial charge is 0.168 e. The summed E-state index contributed by atoms with van der Waals surface area (Å²) in [5.41, 5.74) is 1.83. The molecule has 0 saturated heterocycles. The van der Waals surface area contributed by atoms with Crippen LogP contribution in [0.4, 0.5) is 0 Å². The van der Waals surface area contributed by atoms with Crippen LogP contribution in [-0.4, -0.2) is 14.2 Å². The molecule has 2 aromatic carbocycles. The van der Waals surface area contributed by atoms with Crippen molar-refractivity contribution >= 4 is 28.7 Å². The topological polar surface area (TPSA) is 66.0 Å². The number of hydrogen-bond acceptors (Lipinski definition) is 4. The molecule has 34 heavy (non-hydrogen) atoms. The fourth-order valence-corrected chi connectivity index (χ4v) is 5.74. The van der Waals surface area contributed by atoms with Crippen molar-refractivity contribution in [3.8, 4) is 23.6 Å². The van der Waals surface area contributed by atoms with Gasteiger partial charge in [0.25, 0.3) is 0 Å². The van der Waals surface area contributed by atoms with Crippen LogP contribution in [0, 0.1) is 34.0 Å². The first kappa shape index (κ1) is 25.6. The summed E-state index contributed by atoms with van der Waals surface area (Å²) in [5.74, 6) is 1.57. The van der Waals surface area contributed by atoms with Gasteiger partial charge >= 0.3 is 0 Å². The Kier molecular flexibility index (Phi) is 8.58. The van der Waals surface area contributed by atoms with E-state index in [1.165, 1.54) is 0 Å². The normalized spacial score (nSPS) is 17.7. The summed E-state index contributed by atoms with van der Waals surface area (Å²) in [4.78, 5) is 0. The zero-order valence-corrected chi connectivity index (χ0v) is 21.8. The molecule has 0 fully saturated rings. The third kappa shape index (κ3) is 5.21. The molecule has 1 unspecified atom stereocenters. The first-order valence-corrected chi connectivity index (χ1v) is 12.3. The molecule has 0 aromatic heterocycles. The lowest BCUT2D eigenvalue weighted by atomic mass is 9.65. The Morgan fingerprint density at radius 2 is 1.62 bits per heavy atom. The van der Waals surface area contributed by atoms with Gasteiger partial charge in [0.15, 0.2) is 5.41 Å². The zero-order valence-electron chi connectivity index (χ0n) is 19.6. The maximum Gasteiger partial charge on any atom is 0.168 e. The van der Waals surface area contributed by atoms with E-state index in [0.29, 0.717) is 6.42 Å². The van der Waals surface area contributed by atoms with Crippen molar-refractivity contribution < 1.29 is 9.47 Å². The molecule has 1 aliphatic carbocycles. The number of halogens is 1. The van der Waals surface area contributed by atoms with E-state index in [-0.39, 0.29) is 5.92 Å². The average molecular weight is 564 g/mol. The summed E-state index contributed by atoms with van der Waals surface area (Å²) in [7, 11) is 3.31. The van der Waals surface area contributed by atoms with Crippen LogP contribution in [0.1, 0.15) is 36.8 Å². The molecule has 0 radical (unpaired) electrons. The lowest BCUT2D eigenvalue weighted by Crippen LogP contribution is -2.36. The first-order valence-electron chi connectivity index (χ1n) is 11.3. The van der Waals surface area contributed by atoms with Gasteiger partial charge in [-0.3, -0.25) is 0 Å². The van der Waals surface area contributed by atoms with Crippen molar-refractivity contribution in [3.05, 3.63) is 90.0 Å². The number of benzene rings is 2. The summed E-state index contributed by atoms with van der Waals surface area (Å²) in [5, 5.41) is 20.3. The number of ether oxygens (including phenoxy) is 2. The van der Waals surface area contributed by atoms with Crippen molar-refractivity contribution in [1.82, 2.24) is 0 Å². The number of alkyl halides is 1. The number of allylic oxidation sites excluding steroid dienone is 4. The Morgan fingerprint density at radius 3 is 2.15 bits per heavy atom. The second-order valence-corrected chi connectivity index (χ2v) is 10.2. The van der Waals surface area contributed by atoms with E-state index in [4.69, 9.17) is 9.47 Å². The summed E-state index contributed by atoms with van der Waals surface area (Å²) in [6, 6.07) is 20.6.